The molecule has 0 unspecified atom stereocenters. The number of hydrogen-bond acceptors (Lipinski definition) is 2. The number of phenols is 1. The molecule has 0 atom stereocenters. The molecule has 0 heterocycles. The van der Waals surface area contributed by atoms with E-state index in [0.29, 0.717) is 16.1 Å². The molecule has 0 radical (unpaired) electrons. The van der Waals surface area contributed by atoms with E-state index >= 15 is 0 Å². The second-order valence-electron chi connectivity index (χ2n) is 2.53. The Kier molecular flexibility index (Phi) is 3.88. The molecule has 1 aromatic rings. The van der Waals surface area contributed by atoms with Crippen molar-refractivity contribution in [3.63, 3.8) is 0 Å². The molecule has 1 aromatic carbocycles. The van der Waals surface area contributed by atoms with Crippen LogP contribution in [0, 0.1) is 0 Å². The van der Waals surface area contributed by atoms with Crippen LogP contribution >= 0.6 is 27.5 Å². The Hall–Kier alpha value is -0.410. The van der Waals surface area contributed by atoms with E-state index in [-0.39, 0.29) is 5.75 Å². The van der Waals surface area contributed by atoms with Crippen molar-refractivity contribution >= 4 is 27.5 Å². The number of phenolic OH excluding ortho intramolecular Hbond substituents is 1. The maximum Gasteiger partial charge on any atom is 0.172 e. The van der Waals surface area contributed by atoms with Crippen molar-refractivity contribution in [2.75, 3.05) is 13.0 Å². The maximum atomic E-state index is 9.59. The Morgan fingerprint density at radius 2 is 2.23 bits per heavy atom. The van der Waals surface area contributed by atoms with E-state index in [4.69, 9.17) is 16.3 Å². The average Bonchev–Trinajstić information content (AvgIpc) is 2.14. The average molecular weight is 266 g/mol. The summed E-state index contributed by atoms with van der Waals surface area (Å²) in [5.74, 6) is 1.12. The smallest absolute Gasteiger partial charge is 0.172 e. The number of aromatic hydroxyl groups is 1. The predicted octanol–water partition coefficient (Wildman–Crippen LogP) is 2.94. The fourth-order valence-corrected chi connectivity index (χ4v) is 1.78. The quantitative estimate of drug-likeness (QED) is 0.852. The molecule has 0 bridgehead atoms. The number of aryl methyl sites for hydroxylation is 1. The van der Waals surface area contributed by atoms with E-state index in [0.717, 1.165) is 12.0 Å². The molecule has 1 rings (SSSR count). The fraction of sp³-hybridized carbons (Fsp3) is 0.333. The summed E-state index contributed by atoms with van der Waals surface area (Å²) >= 11 is 8.88. The number of methoxy groups -OCH3 is 1. The lowest BCUT2D eigenvalue weighted by Crippen LogP contribution is -1.91. The minimum Gasteiger partial charge on any atom is -0.503 e. The van der Waals surface area contributed by atoms with Crippen LogP contribution in [-0.4, -0.2) is 18.1 Å². The van der Waals surface area contributed by atoms with Gasteiger partial charge in [0.25, 0.3) is 0 Å². The highest BCUT2D eigenvalue weighted by Gasteiger charge is 2.09. The molecule has 13 heavy (non-hydrogen) atoms. The molecule has 0 spiro atoms. The van der Waals surface area contributed by atoms with Gasteiger partial charge in [-0.15, -0.1) is 11.6 Å². The van der Waals surface area contributed by atoms with Gasteiger partial charge in [-0.1, -0.05) is 6.07 Å². The third kappa shape index (κ3) is 2.29. The first kappa shape index (κ1) is 10.7. The van der Waals surface area contributed by atoms with Crippen molar-refractivity contribution in [1.29, 1.82) is 0 Å². The van der Waals surface area contributed by atoms with Gasteiger partial charge in [-0.05, 0) is 34.0 Å². The maximum absolute atomic E-state index is 9.59. The van der Waals surface area contributed by atoms with Gasteiger partial charge < -0.3 is 9.84 Å². The standard InChI is InChI=1S/C9H10BrClO2/c1-13-7-3-2-6(4-5-11)8(10)9(7)12/h2-3,12H,4-5H2,1H3. The number of halogens is 2. The van der Waals surface area contributed by atoms with Crippen molar-refractivity contribution in [3.8, 4) is 11.5 Å². The molecule has 0 amide bonds. The first-order valence-corrected chi connectivity index (χ1v) is 5.13. The van der Waals surface area contributed by atoms with Crippen LogP contribution in [0.5, 0.6) is 11.5 Å². The molecule has 0 fully saturated rings. The zero-order chi connectivity index (χ0) is 9.84. The van der Waals surface area contributed by atoms with E-state index in [9.17, 15) is 5.11 Å². The molecule has 0 aromatic heterocycles. The summed E-state index contributed by atoms with van der Waals surface area (Å²) in [6, 6.07) is 3.60. The van der Waals surface area contributed by atoms with Crippen molar-refractivity contribution < 1.29 is 9.84 Å². The Balaban J connectivity index is 3.07. The summed E-state index contributed by atoms with van der Waals surface area (Å²) in [6.45, 7) is 0. The zero-order valence-corrected chi connectivity index (χ0v) is 9.52. The lowest BCUT2D eigenvalue weighted by atomic mass is 10.1. The first-order chi connectivity index (χ1) is 6.20. The van der Waals surface area contributed by atoms with E-state index in [1.165, 1.54) is 7.11 Å². The third-order valence-electron chi connectivity index (χ3n) is 1.74. The normalized spacial score (nSPS) is 10.1. The van der Waals surface area contributed by atoms with Gasteiger partial charge in [0.2, 0.25) is 0 Å². The van der Waals surface area contributed by atoms with Crippen LogP contribution in [0.3, 0.4) is 0 Å². The lowest BCUT2D eigenvalue weighted by Gasteiger charge is -2.08. The number of benzene rings is 1. The van der Waals surface area contributed by atoms with Gasteiger partial charge in [-0.25, -0.2) is 0 Å². The Bertz CT molecular complexity index is 302. The molecule has 1 N–H and O–H groups in total. The Labute approximate surface area is 90.6 Å². The zero-order valence-electron chi connectivity index (χ0n) is 7.18. The van der Waals surface area contributed by atoms with Crippen LogP contribution in [0.4, 0.5) is 0 Å². The van der Waals surface area contributed by atoms with Crippen LogP contribution < -0.4 is 4.74 Å². The fourth-order valence-electron chi connectivity index (χ4n) is 1.05. The highest BCUT2D eigenvalue weighted by atomic mass is 79.9. The highest BCUT2D eigenvalue weighted by Crippen LogP contribution is 2.36. The third-order valence-corrected chi connectivity index (χ3v) is 2.82. The van der Waals surface area contributed by atoms with Gasteiger partial charge in [-0.3, -0.25) is 0 Å². The molecule has 0 saturated heterocycles. The van der Waals surface area contributed by atoms with Gasteiger partial charge in [0.05, 0.1) is 11.6 Å². The van der Waals surface area contributed by atoms with Crippen molar-refractivity contribution in [3.05, 3.63) is 22.2 Å². The summed E-state index contributed by atoms with van der Waals surface area (Å²) in [5, 5.41) is 9.59. The van der Waals surface area contributed by atoms with E-state index in [2.05, 4.69) is 15.9 Å². The summed E-state index contributed by atoms with van der Waals surface area (Å²) in [5.41, 5.74) is 0.980. The lowest BCUT2D eigenvalue weighted by molar-refractivity contribution is 0.371. The van der Waals surface area contributed by atoms with E-state index < -0.39 is 0 Å². The van der Waals surface area contributed by atoms with Crippen LogP contribution in [0.25, 0.3) is 0 Å². The van der Waals surface area contributed by atoms with Crippen LogP contribution in [0.15, 0.2) is 16.6 Å². The Morgan fingerprint density at radius 1 is 1.54 bits per heavy atom. The van der Waals surface area contributed by atoms with Crippen LogP contribution in [0.1, 0.15) is 5.56 Å². The molecule has 72 valence electrons. The molecular weight excluding hydrogens is 255 g/mol. The van der Waals surface area contributed by atoms with Gasteiger partial charge in [0, 0.05) is 5.88 Å². The molecule has 0 aliphatic rings. The number of hydrogen-bond donors (Lipinski definition) is 1. The molecule has 0 aliphatic heterocycles. The first-order valence-electron chi connectivity index (χ1n) is 3.81. The molecular formula is C9H10BrClO2. The SMILES string of the molecule is COc1ccc(CCCl)c(Br)c1O. The number of ether oxygens (including phenoxy) is 1. The van der Waals surface area contributed by atoms with E-state index in [1.54, 1.807) is 6.07 Å². The van der Waals surface area contributed by atoms with E-state index in [1.807, 2.05) is 6.07 Å². The van der Waals surface area contributed by atoms with Gasteiger partial charge in [0.1, 0.15) is 0 Å². The van der Waals surface area contributed by atoms with Crippen molar-refractivity contribution in [2.24, 2.45) is 0 Å². The summed E-state index contributed by atoms with van der Waals surface area (Å²) < 4.78 is 5.61. The largest absolute Gasteiger partial charge is 0.503 e. The van der Waals surface area contributed by atoms with Crippen LogP contribution in [0.2, 0.25) is 0 Å². The molecule has 0 aliphatic carbocycles. The number of rotatable bonds is 3. The summed E-state index contributed by atoms with van der Waals surface area (Å²) in [6.07, 6.45) is 0.722. The monoisotopic (exact) mass is 264 g/mol. The Morgan fingerprint density at radius 3 is 2.77 bits per heavy atom. The second kappa shape index (κ2) is 4.72. The number of alkyl halides is 1. The van der Waals surface area contributed by atoms with Crippen molar-refractivity contribution in [1.82, 2.24) is 0 Å². The highest BCUT2D eigenvalue weighted by molar-refractivity contribution is 9.10. The summed E-state index contributed by atoms with van der Waals surface area (Å²) in [7, 11) is 1.52. The van der Waals surface area contributed by atoms with Gasteiger partial charge >= 0.3 is 0 Å². The van der Waals surface area contributed by atoms with Gasteiger partial charge in [-0.2, -0.15) is 0 Å². The topological polar surface area (TPSA) is 29.5 Å². The predicted molar refractivity (Wildman–Crippen MR) is 56.8 cm³/mol. The summed E-state index contributed by atoms with van der Waals surface area (Å²) in [4.78, 5) is 0. The second-order valence-corrected chi connectivity index (χ2v) is 3.70. The molecule has 2 nitrogen and oxygen atoms in total. The van der Waals surface area contributed by atoms with Gasteiger partial charge in [0.15, 0.2) is 11.5 Å². The minimum atomic E-state index is 0.130. The van der Waals surface area contributed by atoms with Crippen LogP contribution in [-0.2, 0) is 6.42 Å². The molecule has 0 saturated carbocycles. The van der Waals surface area contributed by atoms with Crippen molar-refractivity contribution in [2.45, 2.75) is 6.42 Å². The molecule has 4 heteroatoms. The minimum absolute atomic E-state index is 0.130.